The monoisotopic (exact) mass is 293 g/mol. The van der Waals surface area contributed by atoms with Gasteiger partial charge in [-0.15, -0.1) is 0 Å². The molecule has 0 radical (unpaired) electrons. The zero-order valence-corrected chi connectivity index (χ0v) is 11.9. The third-order valence-electron chi connectivity index (χ3n) is 2.72. The van der Waals surface area contributed by atoms with Crippen molar-refractivity contribution in [3.05, 3.63) is 63.6 Å². The number of carbonyl (C=O) groups excluding carboxylic acids is 1. The molecule has 0 heterocycles. The Morgan fingerprint density at radius 1 is 1.11 bits per heavy atom. The summed E-state index contributed by atoms with van der Waals surface area (Å²) in [6.45, 7) is 1.90. The van der Waals surface area contributed by atoms with Crippen molar-refractivity contribution < 1.29 is 4.79 Å². The van der Waals surface area contributed by atoms with Crippen molar-refractivity contribution in [1.82, 2.24) is 0 Å². The van der Waals surface area contributed by atoms with Crippen LogP contribution in [0.15, 0.2) is 42.5 Å². The molecule has 0 aromatic heterocycles. The normalized spacial score (nSPS) is 10.3. The van der Waals surface area contributed by atoms with Crippen LogP contribution in [0.3, 0.4) is 0 Å². The number of anilines is 1. The lowest BCUT2D eigenvalue weighted by atomic mass is 10.1. The second kappa shape index (κ2) is 6.09. The van der Waals surface area contributed by atoms with Gasteiger partial charge in [-0.2, -0.15) is 0 Å². The van der Waals surface area contributed by atoms with E-state index in [-0.39, 0.29) is 5.91 Å². The highest BCUT2D eigenvalue weighted by Gasteiger charge is 2.06. The summed E-state index contributed by atoms with van der Waals surface area (Å²) in [7, 11) is 0. The number of aryl methyl sites for hydroxylation is 1. The zero-order chi connectivity index (χ0) is 13.8. The standard InChI is InChI=1S/C15H13Cl2NO/c1-10-7-13(17)5-6-14(10)18-15(19)9-11-3-2-4-12(16)8-11/h2-8H,9H2,1H3,(H,18,19). The SMILES string of the molecule is Cc1cc(Cl)ccc1NC(=O)Cc1cccc(Cl)c1. The lowest BCUT2D eigenvalue weighted by molar-refractivity contribution is -0.115. The molecule has 98 valence electrons. The summed E-state index contributed by atoms with van der Waals surface area (Å²) in [6.07, 6.45) is 0.294. The van der Waals surface area contributed by atoms with Crippen LogP contribution < -0.4 is 5.32 Å². The summed E-state index contributed by atoms with van der Waals surface area (Å²) in [4.78, 5) is 11.9. The minimum absolute atomic E-state index is 0.0762. The fourth-order valence-corrected chi connectivity index (χ4v) is 2.23. The van der Waals surface area contributed by atoms with Crippen LogP contribution in [-0.4, -0.2) is 5.91 Å². The van der Waals surface area contributed by atoms with Crippen LogP contribution in [-0.2, 0) is 11.2 Å². The van der Waals surface area contributed by atoms with E-state index in [1.807, 2.05) is 25.1 Å². The summed E-state index contributed by atoms with van der Waals surface area (Å²) in [6, 6.07) is 12.6. The quantitative estimate of drug-likeness (QED) is 0.888. The summed E-state index contributed by atoms with van der Waals surface area (Å²) >= 11 is 11.8. The van der Waals surface area contributed by atoms with Gasteiger partial charge in [-0.05, 0) is 48.4 Å². The molecule has 2 nitrogen and oxygen atoms in total. The Labute approximate surface area is 122 Å². The Kier molecular flexibility index (Phi) is 4.46. The minimum Gasteiger partial charge on any atom is -0.326 e. The van der Waals surface area contributed by atoms with Crippen LogP contribution in [0.1, 0.15) is 11.1 Å². The van der Waals surface area contributed by atoms with Crippen LogP contribution >= 0.6 is 23.2 Å². The number of benzene rings is 2. The Morgan fingerprint density at radius 3 is 2.53 bits per heavy atom. The van der Waals surface area contributed by atoms with Crippen molar-refractivity contribution in [3.8, 4) is 0 Å². The number of hydrogen-bond acceptors (Lipinski definition) is 1. The molecule has 0 aliphatic heterocycles. The van der Waals surface area contributed by atoms with Crippen molar-refractivity contribution in [2.75, 3.05) is 5.32 Å². The number of rotatable bonds is 3. The maximum Gasteiger partial charge on any atom is 0.228 e. The molecule has 1 N–H and O–H groups in total. The van der Waals surface area contributed by atoms with Gasteiger partial charge in [0.15, 0.2) is 0 Å². The van der Waals surface area contributed by atoms with Gasteiger partial charge in [-0.1, -0.05) is 35.3 Å². The second-order valence-electron chi connectivity index (χ2n) is 4.31. The molecular weight excluding hydrogens is 281 g/mol. The first-order chi connectivity index (χ1) is 9.04. The Bertz CT molecular complexity index is 611. The average molecular weight is 294 g/mol. The van der Waals surface area contributed by atoms with Crippen molar-refractivity contribution >= 4 is 34.8 Å². The molecule has 1 amide bonds. The van der Waals surface area contributed by atoms with Crippen molar-refractivity contribution in [1.29, 1.82) is 0 Å². The smallest absolute Gasteiger partial charge is 0.228 e. The highest BCUT2D eigenvalue weighted by Crippen LogP contribution is 2.20. The molecule has 19 heavy (non-hydrogen) atoms. The minimum atomic E-state index is -0.0762. The molecule has 0 bridgehead atoms. The molecule has 0 fully saturated rings. The summed E-state index contributed by atoms with van der Waals surface area (Å²) in [5.74, 6) is -0.0762. The molecule has 2 aromatic carbocycles. The van der Waals surface area contributed by atoms with Gasteiger partial charge in [0.05, 0.1) is 6.42 Å². The van der Waals surface area contributed by atoms with Gasteiger partial charge < -0.3 is 5.32 Å². The maximum absolute atomic E-state index is 11.9. The van der Waals surface area contributed by atoms with Gasteiger partial charge >= 0.3 is 0 Å². The van der Waals surface area contributed by atoms with Gasteiger partial charge in [0, 0.05) is 15.7 Å². The lowest BCUT2D eigenvalue weighted by Crippen LogP contribution is -2.15. The van der Waals surface area contributed by atoms with Crippen molar-refractivity contribution in [3.63, 3.8) is 0 Å². The molecule has 0 atom stereocenters. The topological polar surface area (TPSA) is 29.1 Å². The third kappa shape index (κ3) is 3.98. The molecule has 0 aliphatic rings. The average Bonchev–Trinajstić information content (AvgIpc) is 2.33. The predicted molar refractivity (Wildman–Crippen MR) is 80.0 cm³/mol. The number of nitrogens with one attached hydrogen (secondary N) is 1. The summed E-state index contributed by atoms with van der Waals surface area (Å²) in [5, 5.41) is 4.15. The first-order valence-electron chi connectivity index (χ1n) is 5.85. The highest BCUT2D eigenvalue weighted by molar-refractivity contribution is 6.31. The molecule has 0 aliphatic carbocycles. The molecule has 2 rings (SSSR count). The van der Waals surface area contributed by atoms with E-state index in [0.717, 1.165) is 16.8 Å². The molecular formula is C15H13Cl2NO. The Hall–Kier alpha value is -1.51. The molecule has 0 unspecified atom stereocenters. The van der Waals surface area contributed by atoms with Crippen molar-refractivity contribution in [2.45, 2.75) is 13.3 Å². The first-order valence-corrected chi connectivity index (χ1v) is 6.60. The number of carbonyl (C=O) groups is 1. The van der Waals surface area contributed by atoms with Crippen LogP contribution in [0, 0.1) is 6.92 Å². The van der Waals surface area contributed by atoms with Gasteiger partial charge in [0.1, 0.15) is 0 Å². The van der Waals surface area contributed by atoms with Gasteiger partial charge in [0.25, 0.3) is 0 Å². The Morgan fingerprint density at radius 2 is 1.84 bits per heavy atom. The van der Waals surface area contributed by atoms with Crippen LogP contribution in [0.25, 0.3) is 0 Å². The number of halogens is 2. The number of hydrogen-bond donors (Lipinski definition) is 1. The maximum atomic E-state index is 11.9. The highest BCUT2D eigenvalue weighted by atomic mass is 35.5. The third-order valence-corrected chi connectivity index (χ3v) is 3.19. The molecule has 4 heteroatoms. The van der Waals surface area contributed by atoms with Gasteiger partial charge in [0.2, 0.25) is 5.91 Å². The zero-order valence-electron chi connectivity index (χ0n) is 10.4. The van der Waals surface area contributed by atoms with Crippen LogP contribution in [0.2, 0.25) is 10.0 Å². The molecule has 0 saturated heterocycles. The van der Waals surface area contributed by atoms with E-state index in [9.17, 15) is 4.79 Å². The van der Waals surface area contributed by atoms with E-state index in [1.54, 1.807) is 24.3 Å². The van der Waals surface area contributed by atoms with Gasteiger partial charge in [-0.25, -0.2) is 0 Å². The van der Waals surface area contributed by atoms with E-state index in [1.165, 1.54) is 0 Å². The van der Waals surface area contributed by atoms with E-state index >= 15 is 0 Å². The van der Waals surface area contributed by atoms with E-state index in [2.05, 4.69) is 5.32 Å². The fraction of sp³-hybridized carbons (Fsp3) is 0.133. The summed E-state index contributed by atoms with van der Waals surface area (Å²) in [5.41, 5.74) is 2.60. The van der Waals surface area contributed by atoms with Crippen LogP contribution in [0.5, 0.6) is 0 Å². The first kappa shape index (κ1) is 13.9. The van der Waals surface area contributed by atoms with E-state index in [0.29, 0.717) is 16.5 Å². The molecule has 2 aromatic rings. The number of amides is 1. The van der Waals surface area contributed by atoms with Crippen LogP contribution in [0.4, 0.5) is 5.69 Å². The largest absolute Gasteiger partial charge is 0.326 e. The summed E-state index contributed by atoms with van der Waals surface area (Å²) < 4.78 is 0. The Balaban J connectivity index is 2.05. The van der Waals surface area contributed by atoms with Crippen molar-refractivity contribution in [2.24, 2.45) is 0 Å². The van der Waals surface area contributed by atoms with E-state index in [4.69, 9.17) is 23.2 Å². The van der Waals surface area contributed by atoms with E-state index < -0.39 is 0 Å². The molecule has 0 spiro atoms. The predicted octanol–water partition coefficient (Wildman–Crippen LogP) is 4.48. The fourth-order valence-electron chi connectivity index (χ4n) is 1.79. The lowest BCUT2D eigenvalue weighted by Gasteiger charge is -2.09. The second-order valence-corrected chi connectivity index (χ2v) is 5.19. The van der Waals surface area contributed by atoms with Gasteiger partial charge in [-0.3, -0.25) is 4.79 Å². The molecule has 0 saturated carbocycles.